The van der Waals surface area contributed by atoms with Crippen molar-refractivity contribution in [2.24, 2.45) is 0 Å². The van der Waals surface area contributed by atoms with Gasteiger partial charge in [0.05, 0.1) is 17.1 Å². The van der Waals surface area contributed by atoms with Crippen LogP contribution in [0.3, 0.4) is 0 Å². The van der Waals surface area contributed by atoms with Crippen molar-refractivity contribution in [1.82, 2.24) is 14.9 Å². The van der Waals surface area contributed by atoms with Gasteiger partial charge in [-0.25, -0.2) is 14.4 Å². The highest BCUT2D eigenvalue weighted by Gasteiger charge is 2.31. The summed E-state index contributed by atoms with van der Waals surface area (Å²) in [5.74, 6) is -1.04. The molecule has 1 aromatic carbocycles. The number of nitrogens with zero attached hydrogens (tertiary/aromatic N) is 3. The van der Waals surface area contributed by atoms with Crippen LogP contribution in [0.5, 0.6) is 6.01 Å². The molecule has 3 rings (SSSR count). The number of aryl methyl sites for hydroxylation is 2. The van der Waals surface area contributed by atoms with Gasteiger partial charge in [0.1, 0.15) is 11.9 Å². The third kappa shape index (κ3) is 3.48. The van der Waals surface area contributed by atoms with Crippen molar-refractivity contribution in [3.05, 3.63) is 52.1 Å². The maximum atomic E-state index is 13.9. The highest BCUT2D eigenvalue weighted by molar-refractivity contribution is 6.33. The van der Waals surface area contributed by atoms with Gasteiger partial charge in [0.25, 0.3) is 5.91 Å². The number of carbonyl (C=O) groups excluding carboxylic acids is 1. The highest BCUT2D eigenvalue weighted by Crippen LogP contribution is 2.24. The zero-order chi connectivity index (χ0) is 17.3. The van der Waals surface area contributed by atoms with Crippen LogP contribution >= 0.6 is 11.6 Å². The molecule has 2 heterocycles. The van der Waals surface area contributed by atoms with Gasteiger partial charge in [-0.1, -0.05) is 17.7 Å². The molecule has 24 heavy (non-hydrogen) atoms. The van der Waals surface area contributed by atoms with Gasteiger partial charge in [-0.05, 0) is 32.0 Å². The van der Waals surface area contributed by atoms with Crippen LogP contribution in [0.25, 0.3) is 0 Å². The molecule has 1 saturated heterocycles. The number of rotatable bonds is 3. The molecule has 0 unspecified atom stereocenters. The maximum Gasteiger partial charge on any atom is 0.317 e. The fraction of sp³-hybridized carbons (Fsp3) is 0.353. The molecule has 0 N–H and O–H groups in total. The zero-order valence-corrected chi connectivity index (χ0v) is 14.2. The van der Waals surface area contributed by atoms with Crippen LogP contribution in [0.2, 0.25) is 5.02 Å². The van der Waals surface area contributed by atoms with Gasteiger partial charge in [0.15, 0.2) is 0 Å². The van der Waals surface area contributed by atoms with Gasteiger partial charge in [-0.2, -0.15) is 0 Å². The van der Waals surface area contributed by atoms with E-state index >= 15 is 0 Å². The van der Waals surface area contributed by atoms with E-state index in [0.717, 1.165) is 11.4 Å². The molecular weight excluding hydrogens is 333 g/mol. The molecule has 1 aromatic heterocycles. The van der Waals surface area contributed by atoms with Crippen molar-refractivity contribution in [1.29, 1.82) is 0 Å². The Labute approximate surface area is 144 Å². The molecule has 1 atom stereocenters. The lowest BCUT2D eigenvalue weighted by atomic mass is 10.2. The quantitative estimate of drug-likeness (QED) is 0.854. The Morgan fingerprint density at radius 1 is 1.33 bits per heavy atom. The molecule has 0 aliphatic carbocycles. The van der Waals surface area contributed by atoms with Crippen LogP contribution in [-0.2, 0) is 0 Å². The van der Waals surface area contributed by atoms with Crippen molar-refractivity contribution in [2.75, 3.05) is 13.1 Å². The van der Waals surface area contributed by atoms with E-state index in [2.05, 4.69) is 9.97 Å². The van der Waals surface area contributed by atoms with E-state index in [1.54, 1.807) is 0 Å². The van der Waals surface area contributed by atoms with Gasteiger partial charge in [-0.3, -0.25) is 4.79 Å². The topological polar surface area (TPSA) is 55.3 Å². The summed E-state index contributed by atoms with van der Waals surface area (Å²) in [5, 5.41) is 0.113. The predicted molar refractivity (Wildman–Crippen MR) is 87.9 cm³/mol. The van der Waals surface area contributed by atoms with Gasteiger partial charge in [0, 0.05) is 24.4 Å². The van der Waals surface area contributed by atoms with Crippen LogP contribution in [0.1, 0.15) is 28.2 Å². The SMILES string of the molecule is Cc1cc(C)nc(O[C@@H]2CCN(C(=O)c3c(F)cccc3Cl)C2)n1. The molecule has 7 heteroatoms. The van der Waals surface area contributed by atoms with Crippen molar-refractivity contribution in [2.45, 2.75) is 26.4 Å². The number of ether oxygens (including phenoxy) is 1. The lowest BCUT2D eigenvalue weighted by molar-refractivity contribution is 0.0765. The van der Waals surface area contributed by atoms with E-state index in [-0.39, 0.29) is 16.7 Å². The molecule has 1 aliphatic rings. The third-order valence-electron chi connectivity index (χ3n) is 3.84. The molecule has 126 valence electrons. The van der Waals surface area contributed by atoms with E-state index in [1.807, 2.05) is 19.9 Å². The molecule has 1 amide bonds. The first-order valence-electron chi connectivity index (χ1n) is 7.66. The summed E-state index contributed by atoms with van der Waals surface area (Å²) in [4.78, 5) is 22.5. The second-order valence-electron chi connectivity index (χ2n) is 5.81. The zero-order valence-electron chi connectivity index (χ0n) is 13.4. The lowest BCUT2D eigenvalue weighted by Gasteiger charge is -2.18. The molecule has 0 saturated carbocycles. The molecular formula is C17H17ClFN3O2. The monoisotopic (exact) mass is 349 g/mol. The molecule has 0 radical (unpaired) electrons. The first-order chi connectivity index (χ1) is 11.4. The Morgan fingerprint density at radius 2 is 2.04 bits per heavy atom. The maximum absolute atomic E-state index is 13.9. The van der Waals surface area contributed by atoms with Crippen LogP contribution in [0, 0.1) is 19.7 Å². The smallest absolute Gasteiger partial charge is 0.317 e. The number of amides is 1. The molecule has 1 fully saturated rings. The third-order valence-corrected chi connectivity index (χ3v) is 4.16. The van der Waals surface area contributed by atoms with E-state index in [0.29, 0.717) is 25.5 Å². The summed E-state index contributed by atoms with van der Waals surface area (Å²) in [6.07, 6.45) is 0.412. The average molecular weight is 350 g/mol. The number of aromatic nitrogens is 2. The summed E-state index contributed by atoms with van der Waals surface area (Å²) in [5.41, 5.74) is 1.55. The number of likely N-dealkylation sites (tertiary alicyclic amines) is 1. The second-order valence-corrected chi connectivity index (χ2v) is 6.22. The van der Waals surface area contributed by atoms with E-state index < -0.39 is 11.7 Å². The minimum Gasteiger partial charge on any atom is -0.458 e. The number of carbonyl (C=O) groups is 1. The van der Waals surface area contributed by atoms with Crippen LogP contribution in [0.15, 0.2) is 24.3 Å². The van der Waals surface area contributed by atoms with Gasteiger partial charge < -0.3 is 9.64 Å². The number of halogens is 2. The first-order valence-corrected chi connectivity index (χ1v) is 8.04. The van der Waals surface area contributed by atoms with Gasteiger partial charge in [0.2, 0.25) is 0 Å². The van der Waals surface area contributed by atoms with E-state index in [9.17, 15) is 9.18 Å². The van der Waals surface area contributed by atoms with Gasteiger partial charge >= 0.3 is 6.01 Å². The van der Waals surface area contributed by atoms with Crippen molar-refractivity contribution in [3.8, 4) is 6.01 Å². The highest BCUT2D eigenvalue weighted by atomic mass is 35.5. The summed E-state index contributed by atoms with van der Waals surface area (Å²) >= 11 is 5.97. The van der Waals surface area contributed by atoms with Crippen molar-refractivity contribution in [3.63, 3.8) is 0 Å². The molecule has 2 aromatic rings. The Balaban J connectivity index is 1.70. The van der Waals surface area contributed by atoms with Crippen LogP contribution < -0.4 is 4.74 Å². The largest absolute Gasteiger partial charge is 0.458 e. The lowest BCUT2D eigenvalue weighted by Crippen LogP contribution is -2.32. The summed E-state index contributed by atoms with van der Waals surface area (Å²) in [7, 11) is 0. The fourth-order valence-corrected chi connectivity index (χ4v) is 3.01. The van der Waals surface area contributed by atoms with Crippen LogP contribution in [0.4, 0.5) is 4.39 Å². The molecule has 5 nitrogen and oxygen atoms in total. The van der Waals surface area contributed by atoms with Crippen molar-refractivity contribution < 1.29 is 13.9 Å². The Morgan fingerprint density at radius 3 is 2.71 bits per heavy atom. The Hall–Kier alpha value is -2.21. The van der Waals surface area contributed by atoms with Crippen molar-refractivity contribution >= 4 is 17.5 Å². The molecule has 0 bridgehead atoms. The summed E-state index contributed by atoms with van der Waals surface area (Å²) in [6, 6.07) is 6.37. The average Bonchev–Trinajstić information content (AvgIpc) is 2.94. The number of hydrogen-bond donors (Lipinski definition) is 0. The van der Waals surface area contributed by atoms with E-state index in [1.165, 1.54) is 23.1 Å². The minimum absolute atomic E-state index is 0.0949. The van der Waals surface area contributed by atoms with Crippen LogP contribution in [-0.4, -0.2) is 40.0 Å². The molecule has 1 aliphatic heterocycles. The predicted octanol–water partition coefficient (Wildman–Crippen LogP) is 3.18. The fourth-order valence-electron chi connectivity index (χ4n) is 2.76. The normalized spacial score (nSPS) is 17.2. The molecule has 0 spiro atoms. The van der Waals surface area contributed by atoms with E-state index in [4.69, 9.17) is 16.3 Å². The summed E-state index contributed by atoms with van der Waals surface area (Å²) in [6.45, 7) is 4.55. The Kier molecular flexibility index (Phi) is 4.66. The number of benzene rings is 1. The standard InChI is InChI=1S/C17H17ClFN3O2/c1-10-8-11(2)21-17(20-10)24-12-6-7-22(9-12)16(23)15-13(18)4-3-5-14(15)19/h3-5,8,12H,6-7,9H2,1-2H3/t12-/m1/s1. The summed E-state index contributed by atoms with van der Waals surface area (Å²) < 4.78 is 19.7. The number of hydrogen-bond acceptors (Lipinski definition) is 4. The minimum atomic E-state index is -0.616. The Bertz CT molecular complexity index is 744. The van der Waals surface area contributed by atoms with Gasteiger partial charge in [-0.15, -0.1) is 0 Å². The first kappa shape index (κ1) is 16.6. The second kappa shape index (κ2) is 6.73.